The van der Waals surface area contributed by atoms with Crippen LogP contribution in [0.15, 0.2) is 18.2 Å². The summed E-state index contributed by atoms with van der Waals surface area (Å²) >= 11 is 0. The van der Waals surface area contributed by atoms with Gasteiger partial charge in [-0.3, -0.25) is 0 Å². The van der Waals surface area contributed by atoms with Gasteiger partial charge in [-0.05, 0) is 24.5 Å². The van der Waals surface area contributed by atoms with Gasteiger partial charge < -0.3 is 20.5 Å². The number of hydrogen-bond donors (Lipinski definition) is 3. The molecule has 0 aromatic heterocycles. The van der Waals surface area contributed by atoms with Crippen LogP contribution in [0, 0.1) is 12.8 Å². The minimum absolute atomic E-state index is 0.00464. The fraction of sp³-hybridized carbons (Fsp3) is 0.500. The van der Waals surface area contributed by atoms with Gasteiger partial charge in [0, 0.05) is 18.3 Å². The Morgan fingerprint density at radius 1 is 1.38 bits per heavy atom. The third kappa shape index (κ3) is 5.95. The maximum absolute atomic E-state index is 12.2. The number of rotatable bonds is 6. The predicted molar refractivity (Wildman–Crippen MR) is 75.7 cm³/mol. The van der Waals surface area contributed by atoms with Gasteiger partial charge in [0.15, 0.2) is 0 Å². The number of anilines is 1. The monoisotopic (exact) mass is 302 g/mol. The molecule has 0 unspecified atom stereocenters. The van der Waals surface area contributed by atoms with Crippen molar-refractivity contribution in [1.29, 1.82) is 0 Å². The highest BCUT2D eigenvalue weighted by Crippen LogP contribution is 2.24. The number of alkyl halides is 2. The lowest BCUT2D eigenvalue weighted by atomic mass is 10.1. The summed E-state index contributed by atoms with van der Waals surface area (Å²) in [5.41, 5.74) is 0.865. The molecule has 1 aromatic carbocycles. The molecule has 0 spiro atoms. The molecule has 2 amide bonds. The van der Waals surface area contributed by atoms with Gasteiger partial charge in [0.05, 0.1) is 6.10 Å². The molecule has 0 aliphatic heterocycles. The molecule has 7 heteroatoms. The van der Waals surface area contributed by atoms with Gasteiger partial charge in [0.2, 0.25) is 0 Å². The Balaban J connectivity index is 2.60. The zero-order valence-electron chi connectivity index (χ0n) is 12.2. The van der Waals surface area contributed by atoms with Crippen LogP contribution in [-0.4, -0.2) is 30.4 Å². The van der Waals surface area contributed by atoms with E-state index in [4.69, 9.17) is 0 Å². The van der Waals surface area contributed by atoms with E-state index in [1.54, 1.807) is 19.1 Å². The highest BCUT2D eigenvalue weighted by molar-refractivity contribution is 5.89. The van der Waals surface area contributed by atoms with E-state index < -0.39 is 18.7 Å². The summed E-state index contributed by atoms with van der Waals surface area (Å²) in [5, 5.41) is 14.6. The largest absolute Gasteiger partial charge is 0.434 e. The third-order valence-electron chi connectivity index (χ3n) is 2.90. The fourth-order valence-electron chi connectivity index (χ4n) is 1.51. The lowest BCUT2D eigenvalue weighted by molar-refractivity contribution is -0.0502. The van der Waals surface area contributed by atoms with Crippen LogP contribution >= 0.6 is 0 Å². The molecule has 0 heterocycles. The molecule has 21 heavy (non-hydrogen) atoms. The van der Waals surface area contributed by atoms with E-state index in [0.717, 1.165) is 0 Å². The molecule has 3 N–H and O–H groups in total. The molecule has 118 valence electrons. The van der Waals surface area contributed by atoms with Gasteiger partial charge in [0.25, 0.3) is 0 Å². The molecule has 5 nitrogen and oxygen atoms in total. The molecular formula is C14H20F2N2O3. The SMILES string of the molecule is Cc1ccc(NC(=O)NC[C@@H](O)C(C)C)cc1OC(F)F. The summed E-state index contributed by atoms with van der Waals surface area (Å²) in [4.78, 5) is 11.6. The van der Waals surface area contributed by atoms with Crippen molar-refractivity contribution >= 4 is 11.7 Å². The molecule has 0 saturated heterocycles. The van der Waals surface area contributed by atoms with Crippen LogP contribution in [0.25, 0.3) is 0 Å². The maximum Gasteiger partial charge on any atom is 0.387 e. The first-order valence-corrected chi connectivity index (χ1v) is 6.58. The zero-order chi connectivity index (χ0) is 16.0. The normalized spacial score (nSPS) is 12.4. The average molecular weight is 302 g/mol. The highest BCUT2D eigenvalue weighted by Gasteiger charge is 2.12. The molecule has 0 radical (unpaired) electrons. The molecule has 0 bridgehead atoms. The highest BCUT2D eigenvalue weighted by atomic mass is 19.3. The fourth-order valence-corrected chi connectivity index (χ4v) is 1.51. The number of ether oxygens (including phenoxy) is 1. The van der Waals surface area contributed by atoms with Crippen molar-refractivity contribution in [3.63, 3.8) is 0 Å². The average Bonchev–Trinajstić information content (AvgIpc) is 2.39. The molecular weight excluding hydrogens is 282 g/mol. The van der Waals surface area contributed by atoms with Crippen LogP contribution in [0.4, 0.5) is 19.3 Å². The van der Waals surface area contributed by atoms with E-state index in [2.05, 4.69) is 15.4 Å². The predicted octanol–water partition coefficient (Wildman–Crippen LogP) is 2.73. The van der Waals surface area contributed by atoms with Gasteiger partial charge in [-0.25, -0.2) is 4.79 Å². The Kier molecular flexibility index (Phi) is 6.36. The number of urea groups is 1. The minimum Gasteiger partial charge on any atom is -0.434 e. The standard InChI is InChI=1S/C14H20F2N2O3/c1-8(2)11(19)7-17-14(20)18-10-5-4-9(3)12(6-10)21-13(15)16/h4-6,8,11,13,19H,7H2,1-3H3,(H2,17,18,20)/t11-/m1/s1. The maximum atomic E-state index is 12.2. The van der Waals surface area contributed by atoms with E-state index in [1.165, 1.54) is 6.07 Å². The van der Waals surface area contributed by atoms with Crippen LogP contribution in [0.2, 0.25) is 0 Å². The van der Waals surface area contributed by atoms with Gasteiger partial charge in [-0.15, -0.1) is 0 Å². The van der Waals surface area contributed by atoms with Crippen LogP contribution in [0.3, 0.4) is 0 Å². The molecule has 0 fully saturated rings. The lowest BCUT2D eigenvalue weighted by Crippen LogP contribution is -2.37. The number of hydrogen-bond acceptors (Lipinski definition) is 3. The summed E-state index contributed by atoms with van der Waals surface area (Å²) in [5.74, 6) is 0.0285. The Labute approximate surface area is 122 Å². The lowest BCUT2D eigenvalue weighted by Gasteiger charge is -2.16. The summed E-state index contributed by atoms with van der Waals surface area (Å²) in [6, 6.07) is 3.93. The minimum atomic E-state index is -2.92. The topological polar surface area (TPSA) is 70.6 Å². The Morgan fingerprint density at radius 3 is 2.62 bits per heavy atom. The van der Waals surface area contributed by atoms with Gasteiger partial charge >= 0.3 is 12.6 Å². The number of benzene rings is 1. The second kappa shape index (κ2) is 7.78. The molecule has 1 aromatic rings. The second-order valence-corrected chi connectivity index (χ2v) is 5.01. The molecule has 1 rings (SSSR count). The molecule has 1 atom stereocenters. The van der Waals surface area contributed by atoms with Crippen molar-refractivity contribution in [3.8, 4) is 5.75 Å². The Morgan fingerprint density at radius 2 is 2.05 bits per heavy atom. The van der Waals surface area contributed by atoms with E-state index in [0.29, 0.717) is 11.3 Å². The first-order valence-electron chi connectivity index (χ1n) is 6.58. The van der Waals surface area contributed by atoms with Gasteiger partial charge in [-0.2, -0.15) is 8.78 Å². The van der Waals surface area contributed by atoms with Crippen LogP contribution < -0.4 is 15.4 Å². The molecule has 0 aliphatic carbocycles. The number of carbonyl (C=O) groups is 1. The summed E-state index contributed by atoms with van der Waals surface area (Å²) in [6.45, 7) is 2.47. The second-order valence-electron chi connectivity index (χ2n) is 5.01. The Bertz CT molecular complexity index is 481. The van der Waals surface area contributed by atoms with E-state index in [-0.39, 0.29) is 18.2 Å². The number of aliphatic hydroxyl groups is 1. The number of halogens is 2. The number of aliphatic hydroxyl groups excluding tert-OH is 1. The van der Waals surface area contributed by atoms with Crippen molar-refractivity contribution in [3.05, 3.63) is 23.8 Å². The summed E-state index contributed by atoms with van der Waals surface area (Å²) in [6.07, 6.45) is -0.647. The van der Waals surface area contributed by atoms with Crippen LogP contribution in [0.5, 0.6) is 5.75 Å². The zero-order valence-corrected chi connectivity index (χ0v) is 12.2. The first kappa shape index (κ1) is 17.2. The molecule has 0 saturated carbocycles. The molecule has 0 aliphatic rings. The first-order chi connectivity index (χ1) is 9.79. The third-order valence-corrected chi connectivity index (χ3v) is 2.90. The van der Waals surface area contributed by atoms with Gasteiger partial charge in [-0.1, -0.05) is 19.9 Å². The van der Waals surface area contributed by atoms with E-state index in [1.807, 2.05) is 13.8 Å². The van der Waals surface area contributed by atoms with Gasteiger partial charge in [0.1, 0.15) is 5.75 Å². The number of nitrogens with one attached hydrogen (secondary N) is 2. The Hall–Kier alpha value is -1.89. The summed E-state index contributed by atoms with van der Waals surface area (Å²) < 4.78 is 28.8. The van der Waals surface area contributed by atoms with Crippen molar-refractivity contribution in [1.82, 2.24) is 5.32 Å². The number of aryl methyl sites for hydroxylation is 1. The summed E-state index contributed by atoms with van der Waals surface area (Å²) in [7, 11) is 0. The van der Waals surface area contributed by atoms with E-state index in [9.17, 15) is 18.7 Å². The van der Waals surface area contributed by atoms with Crippen molar-refractivity contribution in [2.75, 3.05) is 11.9 Å². The van der Waals surface area contributed by atoms with Crippen LogP contribution in [0.1, 0.15) is 19.4 Å². The van der Waals surface area contributed by atoms with Crippen molar-refractivity contribution < 1.29 is 23.4 Å². The van der Waals surface area contributed by atoms with Crippen molar-refractivity contribution in [2.45, 2.75) is 33.5 Å². The number of carbonyl (C=O) groups excluding carboxylic acids is 1. The van der Waals surface area contributed by atoms with Crippen molar-refractivity contribution in [2.24, 2.45) is 5.92 Å². The van der Waals surface area contributed by atoms with Crippen LogP contribution in [-0.2, 0) is 0 Å². The smallest absolute Gasteiger partial charge is 0.387 e. The number of amides is 2. The quantitative estimate of drug-likeness (QED) is 0.756. The van der Waals surface area contributed by atoms with E-state index >= 15 is 0 Å².